The smallest absolute Gasteiger partial charge is 0.224 e. The number of halogens is 1. The van der Waals surface area contributed by atoms with Crippen molar-refractivity contribution in [2.45, 2.75) is 38.1 Å². The lowest BCUT2D eigenvalue weighted by molar-refractivity contribution is 0.440. The molecule has 1 fully saturated rings. The normalized spacial score (nSPS) is 20.2. The van der Waals surface area contributed by atoms with Crippen LogP contribution in [0.5, 0.6) is 0 Å². The maximum Gasteiger partial charge on any atom is 0.224 e. The lowest BCUT2D eigenvalue weighted by Crippen LogP contribution is -2.38. The molecule has 5 heteroatoms. The van der Waals surface area contributed by atoms with Crippen LogP contribution in [0.4, 0.5) is 10.3 Å². The second kappa shape index (κ2) is 9.21. The lowest BCUT2D eigenvalue weighted by Gasteiger charge is -2.30. The third-order valence-electron chi connectivity index (χ3n) is 6.70. The Morgan fingerprint density at radius 1 is 0.969 bits per heavy atom. The van der Waals surface area contributed by atoms with Crippen molar-refractivity contribution in [3.05, 3.63) is 94.6 Å². The minimum atomic E-state index is -0.156. The van der Waals surface area contributed by atoms with E-state index in [9.17, 15) is 4.39 Å². The van der Waals surface area contributed by atoms with Gasteiger partial charge in [0.05, 0.1) is 0 Å². The Bertz CT molecular complexity index is 1130. The van der Waals surface area contributed by atoms with Crippen molar-refractivity contribution in [2.24, 2.45) is 0 Å². The van der Waals surface area contributed by atoms with Gasteiger partial charge in [0.2, 0.25) is 5.95 Å². The molecule has 2 aliphatic rings. The highest BCUT2D eigenvalue weighted by Crippen LogP contribution is 2.39. The molecule has 1 aliphatic heterocycles. The van der Waals surface area contributed by atoms with Gasteiger partial charge in [0, 0.05) is 32.0 Å². The number of nitrogens with zero attached hydrogens (tertiary/aromatic N) is 3. The maximum atomic E-state index is 14.3. The minimum Gasteiger partial charge on any atom is -0.344 e. The molecule has 1 unspecified atom stereocenters. The first-order valence-electron chi connectivity index (χ1n) is 11.5. The zero-order valence-electron chi connectivity index (χ0n) is 18.5. The van der Waals surface area contributed by atoms with Crippen LogP contribution < -0.4 is 10.2 Å². The van der Waals surface area contributed by atoms with E-state index in [1.807, 2.05) is 19.2 Å². The SMILES string of the molecule is CN(CCC1C/C(=C2/c3ccccc3CCc3ccc(F)cc32)CCN1)c1ncccn1. The summed E-state index contributed by atoms with van der Waals surface area (Å²) in [6, 6.07) is 16.2. The third kappa shape index (κ3) is 4.30. The van der Waals surface area contributed by atoms with E-state index in [1.165, 1.54) is 27.8 Å². The third-order valence-corrected chi connectivity index (χ3v) is 6.70. The molecule has 32 heavy (non-hydrogen) atoms. The second-order valence-electron chi connectivity index (χ2n) is 8.80. The Balaban J connectivity index is 1.45. The average Bonchev–Trinajstić information content (AvgIpc) is 2.99. The van der Waals surface area contributed by atoms with E-state index < -0.39 is 0 Å². The summed E-state index contributed by atoms with van der Waals surface area (Å²) in [5.74, 6) is 0.597. The molecule has 1 aliphatic carbocycles. The summed E-state index contributed by atoms with van der Waals surface area (Å²) in [7, 11) is 2.04. The van der Waals surface area contributed by atoms with Gasteiger partial charge in [-0.1, -0.05) is 35.9 Å². The number of piperidine rings is 1. The number of rotatable bonds is 4. The zero-order chi connectivity index (χ0) is 21.9. The van der Waals surface area contributed by atoms with E-state index in [2.05, 4.69) is 44.5 Å². The van der Waals surface area contributed by atoms with Crippen molar-refractivity contribution in [2.75, 3.05) is 25.0 Å². The van der Waals surface area contributed by atoms with E-state index in [-0.39, 0.29) is 5.82 Å². The summed E-state index contributed by atoms with van der Waals surface area (Å²) < 4.78 is 14.3. The van der Waals surface area contributed by atoms with Crippen LogP contribution in [-0.4, -0.2) is 36.1 Å². The number of benzene rings is 2. The molecule has 1 aromatic heterocycles. The highest BCUT2D eigenvalue weighted by molar-refractivity contribution is 5.86. The zero-order valence-corrected chi connectivity index (χ0v) is 18.5. The van der Waals surface area contributed by atoms with E-state index in [0.717, 1.165) is 56.7 Å². The molecule has 0 bridgehead atoms. The number of aromatic nitrogens is 2. The molecule has 164 valence electrons. The summed E-state index contributed by atoms with van der Waals surface area (Å²) in [4.78, 5) is 10.8. The number of hydrogen-bond donors (Lipinski definition) is 1. The Morgan fingerprint density at radius 3 is 2.59 bits per heavy atom. The fourth-order valence-electron chi connectivity index (χ4n) is 5.04. The van der Waals surface area contributed by atoms with E-state index in [4.69, 9.17) is 0 Å². The van der Waals surface area contributed by atoms with Crippen LogP contribution in [-0.2, 0) is 12.8 Å². The average molecular weight is 429 g/mol. The van der Waals surface area contributed by atoms with E-state index >= 15 is 0 Å². The van der Waals surface area contributed by atoms with Crippen molar-refractivity contribution in [3.8, 4) is 0 Å². The Kier molecular flexibility index (Phi) is 5.99. The van der Waals surface area contributed by atoms with Gasteiger partial charge in [0.25, 0.3) is 0 Å². The summed E-state index contributed by atoms with van der Waals surface area (Å²) in [5.41, 5.74) is 7.68. The number of hydrogen-bond acceptors (Lipinski definition) is 4. The summed E-state index contributed by atoms with van der Waals surface area (Å²) >= 11 is 0. The van der Waals surface area contributed by atoms with Gasteiger partial charge in [-0.2, -0.15) is 0 Å². The standard InChI is InChI=1S/C27H29FN4/c1-32(27-30-13-4-14-31-27)16-12-23-17-21(11-15-29-23)26-24-6-3-2-5-19(24)7-8-20-9-10-22(28)18-25(20)26/h2-6,9-10,13-14,18,23,29H,7-8,11-12,15-17H2,1H3/b26-21-. The van der Waals surface area contributed by atoms with Crippen LogP contribution in [0.3, 0.4) is 0 Å². The molecule has 2 aromatic carbocycles. The Morgan fingerprint density at radius 2 is 1.75 bits per heavy atom. The molecular formula is C27H29FN4. The van der Waals surface area contributed by atoms with Gasteiger partial charge in [-0.25, -0.2) is 14.4 Å². The fraction of sp³-hybridized carbons (Fsp3) is 0.333. The van der Waals surface area contributed by atoms with Gasteiger partial charge in [0.15, 0.2) is 0 Å². The summed E-state index contributed by atoms with van der Waals surface area (Å²) in [6.45, 7) is 1.83. The van der Waals surface area contributed by atoms with Crippen LogP contribution >= 0.6 is 0 Å². The number of fused-ring (bicyclic) bond motifs is 2. The quantitative estimate of drug-likeness (QED) is 0.648. The molecule has 0 radical (unpaired) electrons. The topological polar surface area (TPSA) is 41.0 Å². The lowest BCUT2D eigenvalue weighted by atomic mass is 9.84. The van der Waals surface area contributed by atoms with Crippen LogP contribution in [0, 0.1) is 5.82 Å². The molecular weight excluding hydrogens is 399 g/mol. The Hall–Kier alpha value is -3.05. The molecule has 1 N–H and O–H groups in total. The molecule has 0 spiro atoms. The van der Waals surface area contributed by atoms with Crippen molar-refractivity contribution in [1.29, 1.82) is 0 Å². The van der Waals surface area contributed by atoms with Crippen LogP contribution in [0.2, 0.25) is 0 Å². The van der Waals surface area contributed by atoms with Gasteiger partial charge < -0.3 is 10.2 Å². The van der Waals surface area contributed by atoms with Gasteiger partial charge in [0.1, 0.15) is 5.82 Å². The maximum absolute atomic E-state index is 14.3. The van der Waals surface area contributed by atoms with E-state index in [1.54, 1.807) is 24.5 Å². The first kappa shape index (κ1) is 20.8. The predicted octanol–water partition coefficient (Wildman–Crippen LogP) is 4.79. The minimum absolute atomic E-state index is 0.156. The van der Waals surface area contributed by atoms with Crippen LogP contribution in [0.1, 0.15) is 41.5 Å². The van der Waals surface area contributed by atoms with Crippen molar-refractivity contribution in [1.82, 2.24) is 15.3 Å². The highest BCUT2D eigenvalue weighted by atomic mass is 19.1. The molecule has 4 nitrogen and oxygen atoms in total. The predicted molar refractivity (Wildman–Crippen MR) is 127 cm³/mol. The van der Waals surface area contributed by atoms with Gasteiger partial charge in [-0.15, -0.1) is 0 Å². The highest BCUT2D eigenvalue weighted by Gasteiger charge is 2.25. The molecule has 0 amide bonds. The van der Waals surface area contributed by atoms with Crippen LogP contribution in [0.25, 0.3) is 5.57 Å². The molecule has 1 atom stereocenters. The summed E-state index contributed by atoms with van der Waals surface area (Å²) in [6.07, 6.45) is 8.47. The Labute approximate surface area is 189 Å². The van der Waals surface area contributed by atoms with Crippen molar-refractivity contribution in [3.63, 3.8) is 0 Å². The first-order chi connectivity index (χ1) is 15.7. The van der Waals surface area contributed by atoms with Gasteiger partial charge in [-0.3, -0.25) is 0 Å². The van der Waals surface area contributed by atoms with E-state index in [0.29, 0.717) is 6.04 Å². The molecule has 2 heterocycles. The van der Waals surface area contributed by atoms with Gasteiger partial charge >= 0.3 is 0 Å². The molecule has 1 saturated heterocycles. The van der Waals surface area contributed by atoms with Crippen molar-refractivity contribution < 1.29 is 4.39 Å². The molecule has 0 saturated carbocycles. The fourth-order valence-corrected chi connectivity index (χ4v) is 5.04. The molecule has 5 rings (SSSR count). The number of anilines is 1. The second-order valence-corrected chi connectivity index (χ2v) is 8.80. The first-order valence-corrected chi connectivity index (χ1v) is 11.5. The monoisotopic (exact) mass is 428 g/mol. The number of aryl methyl sites for hydroxylation is 2. The number of nitrogens with one attached hydrogen (secondary N) is 1. The largest absolute Gasteiger partial charge is 0.344 e. The van der Waals surface area contributed by atoms with Crippen molar-refractivity contribution >= 4 is 11.5 Å². The van der Waals surface area contributed by atoms with Gasteiger partial charge in [-0.05, 0) is 84.7 Å². The summed E-state index contributed by atoms with van der Waals surface area (Å²) in [5, 5.41) is 3.69. The molecule has 3 aromatic rings. The van der Waals surface area contributed by atoms with Crippen LogP contribution in [0.15, 0.2) is 66.5 Å².